The Morgan fingerprint density at radius 1 is 1.01 bits per heavy atom. The van der Waals surface area contributed by atoms with Gasteiger partial charge in [-0.05, 0) is 112 Å². The Labute approximate surface area is 452 Å². The van der Waals surface area contributed by atoms with Gasteiger partial charge < -0.3 is 24.4 Å². The van der Waals surface area contributed by atoms with E-state index in [9.17, 15) is 28.2 Å². The number of hydrazine groups is 1. The monoisotopic (exact) mass is 1070 g/mol. The average Bonchev–Trinajstić information content (AvgIpc) is 4.30. The molecule has 10 rings (SSSR count). The van der Waals surface area contributed by atoms with Crippen LogP contribution < -0.4 is 10.7 Å². The molecule has 0 spiro atoms. The Balaban J connectivity index is 0.907. The predicted octanol–water partition coefficient (Wildman–Crippen LogP) is 7.44. The van der Waals surface area contributed by atoms with Crippen molar-refractivity contribution in [3.05, 3.63) is 88.0 Å². The first kappa shape index (κ1) is 53.6. The largest absolute Gasteiger partial charge is 0.464 e. The van der Waals surface area contributed by atoms with Crippen LogP contribution in [-0.2, 0) is 59.1 Å². The van der Waals surface area contributed by atoms with E-state index in [1.54, 1.807) is 11.9 Å². The Hall–Kier alpha value is -5.82. The number of amides is 4. The number of hydrogen-bond donors (Lipinski definition) is 2. The number of cyclic esters (lactones) is 1. The Morgan fingerprint density at radius 3 is 2.49 bits per heavy atom. The van der Waals surface area contributed by atoms with Gasteiger partial charge in [-0.2, -0.15) is 0 Å². The highest BCUT2D eigenvalue weighted by molar-refractivity contribution is 7.83. The van der Waals surface area contributed by atoms with E-state index in [1.807, 2.05) is 67.0 Å². The minimum absolute atomic E-state index is 0.0659. The lowest BCUT2D eigenvalue weighted by Gasteiger charge is -2.36. The summed E-state index contributed by atoms with van der Waals surface area (Å²) in [5.41, 5.74) is 10.8. The number of pyridine rings is 1. The summed E-state index contributed by atoms with van der Waals surface area (Å²) >= 11 is 1.41. The van der Waals surface area contributed by atoms with Gasteiger partial charge in [0, 0.05) is 78.7 Å². The number of likely N-dealkylation sites (tertiary alicyclic amines) is 1. The van der Waals surface area contributed by atoms with Crippen LogP contribution in [0.25, 0.3) is 33.4 Å². The van der Waals surface area contributed by atoms with Crippen LogP contribution in [-0.4, -0.2) is 131 Å². The summed E-state index contributed by atoms with van der Waals surface area (Å²) < 4.78 is 24.1. The Bertz CT molecular complexity index is 3070. The average molecular weight is 1070 g/mol. The first-order chi connectivity index (χ1) is 36.3. The van der Waals surface area contributed by atoms with E-state index in [4.69, 9.17) is 14.7 Å². The van der Waals surface area contributed by atoms with Gasteiger partial charge in [0.05, 0.1) is 45.6 Å². The molecule has 7 heterocycles. The fourth-order valence-electron chi connectivity index (χ4n) is 11.9. The van der Waals surface area contributed by atoms with Crippen LogP contribution in [0.1, 0.15) is 108 Å². The van der Waals surface area contributed by atoms with E-state index < -0.39 is 64.3 Å². The number of ether oxygens (including phenoxy) is 1. The summed E-state index contributed by atoms with van der Waals surface area (Å²) in [7, 11) is 0.144. The van der Waals surface area contributed by atoms with Gasteiger partial charge in [0.2, 0.25) is 17.7 Å². The van der Waals surface area contributed by atoms with Crippen LogP contribution in [0.5, 0.6) is 0 Å². The summed E-state index contributed by atoms with van der Waals surface area (Å²) in [4.78, 5) is 86.1. The maximum Gasteiger partial charge on any atom is 0.324 e. The molecule has 6 bridgehead atoms. The molecule has 16 nitrogen and oxygen atoms in total. The molecule has 4 aliphatic heterocycles. The number of aromatic nitrogens is 3. The second kappa shape index (κ2) is 21.5. The summed E-state index contributed by atoms with van der Waals surface area (Å²) in [5.74, 6) is -2.12. The normalized spacial score (nSPS) is 24.6. The van der Waals surface area contributed by atoms with Gasteiger partial charge in [-0.3, -0.25) is 34.0 Å². The van der Waals surface area contributed by atoms with Gasteiger partial charge in [0.25, 0.3) is 5.91 Å². The molecule has 1 saturated carbocycles. The summed E-state index contributed by atoms with van der Waals surface area (Å²) in [6.07, 6.45) is 5.95. The zero-order chi connectivity index (χ0) is 53.9. The van der Waals surface area contributed by atoms with E-state index >= 15 is 0 Å². The van der Waals surface area contributed by atoms with Gasteiger partial charge in [-0.1, -0.05) is 65.3 Å². The lowest BCUT2D eigenvalue weighted by Crippen LogP contribution is -2.62. The SMILES string of the molecule is CCn1c(-c2cccnc2C(C)C)c2c3cc(ccc31)-c1csc(n1)C[C@H](NC(=O)[C@H](C(C)C)N(C)C(=O)[C@H]1CCN(C(=O)[C@H]3[C@@H](C4CC4)N3[S@](=O)c3ccc(C)cc3)C1)C(=O)N1CCC[C@H](N1)C(=O)OCC(C)(C)C2. The second-order valence-corrected chi connectivity index (χ2v) is 25.5. The van der Waals surface area contributed by atoms with Crippen molar-refractivity contribution in [1.29, 1.82) is 0 Å². The summed E-state index contributed by atoms with van der Waals surface area (Å²) in [6, 6.07) is 14.7. The van der Waals surface area contributed by atoms with Crippen molar-refractivity contribution in [3.8, 4) is 22.5 Å². The third-order valence-corrected chi connectivity index (χ3v) is 18.5. The number of fused-ring (bicyclic) bond motifs is 6. The van der Waals surface area contributed by atoms with Crippen LogP contribution in [0.3, 0.4) is 0 Å². The molecule has 1 unspecified atom stereocenters. The van der Waals surface area contributed by atoms with Gasteiger partial charge >= 0.3 is 5.97 Å². The van der Waals surface area contributed by atoms with Crippen LogP contribution in [0.4, 0.5) is 0 Å². The topological polar surface area (TPSA) is 179 Å². The van der Waals surface area contributed by atoms with Crippen molar-refractivity contribution in [2.75, 3.05) is 33.3 Å². The molecule has 5 aliphatic rings. The van der Waals surface area contributed by atoms with Crippen molar-refractivity contribution >= 4 is 62.8 Å². The molecular formula is C58H73N9O7S2. The number of rotatable bonds is 12. The standard InChI is InChI=1S/C58H73N9O7S2/c1-10-65-46-22-19-37-27-41(46)42(51(65)40-13-11-24-59-48(40)33(2)3)29-58(7,8)32-74-57(72)43-14-12-25-66(62-43)55(70)44(28-47-60-45(37)31-75-47)61-53(68)49(34(4)5)63(9)54(69)38-23-26-64(30-38)56(71)52-50(36-17-18-36)67(52)76(73)39-20-15-35(6)16-21-39/h11,13,15-16,19-22,24,27,31,33-34,36,38,43-44,49-50,52,62H,10,12,14,17-18,23,25-26,28-30,32H2,1-9H3,(H,61,68)/t38-,43-,44-,49-,50+,52+,67?,76+/m0/s1. The number of nitrogens with one attached hydrogen (secondary N) is 2. The highest BCUT2D eigenvalue weighted by Gasteiger charge is 2.63. The quantitative estimate of drug-likeness (QED) is 0.0943. The summed E-state index contributed by atoms with van der Waals surface area (Å²) in [6.45, 7) is 18.2. The molecule has 3 aromatic heterocycles. The van der Waals surface area contributed by atoms with Crippen LogP contribution >= 0.6 is 11.3 Å². The number of carbonyl (C=O) groups is 5. The first-order valence-electron chi connectivity index (χ1n) is 27.3. The molecule has 5 aromatic rings. The number of thiazole rings is 1. The van der Waals surface area contributed by atoms with Gasteiger partial charge in [0.15, 0.2) is 0 Å². The molecule has 8 atom stereocenters. The Morgan fingerprint density at radius 2 is 1.78 bits per heavy atom. The maximum absolute atomic E-state index is 14.8. The van der Waals surface area contributed by atoms with E-state index in [-0.39, 0.29) is 49.3 Å². The van der Waals surface area contributed by atoms with Crippen molar-refractivity contribution < 1.29 is 32.9 Å². The van der Waals surface area contributed by atoms with Crippen molar-refractivity contribution in [3.63, 3.8) is 0 Å². The number of benzene rings is 2. The van der Waals surface area contributed by atoms with E-state index in [0.717, 1.165) is 69.6 Å². The third kappa shape index (κ3) is 10.6. The highest BCUT2D eigenvalue weighted by atomic mass is 32.2. The number of aryl methyl sites for hydroxylation is 2. The van der Waals surface area contributed by atoms with Gasteiger partial charge in [0.1, 0.15) is 35.2 Å². The van der Waals surface area contributed by atoms with E-state index in [1.165, 1.54) is 21.2 Å². The highest BCUT2D eigenvalue weighted by Crippen LogP contribution is 2.50. The van der Waals surface area contributed by atoms with Crippen molar-refractivity contribution in [2.45, 2.75) is 148 Å². The van der Waals surface area contributed by atoms with Crippen molar-refractivity contribution in [1.82, 2.24) is 44.4 Å². The number of likely N-dealkylation sites (N-methyl/N-ethyl adjacent to an activating group) is 1. The third-order valence-electron chi connectivity index (χ3n) is 16.1. The zero-order valence-electron chi connectivity index (χ0n) is 45.3. The van der Waals surface area contributed by atoms with E-state index in [2.05, 4.69) is 74.2 Å². The van der Waals surface area contributed by atoms with Crippen molar-refractivity contribution in [2.24, 2.45) is 23.2 Å². The first-order valence-corrected chi connectivity index (χ1v) is 29.2. The predicted molar refractivity (Wildman–Crippen MR) is 294 cm³/mol. The lowest BCUT2D eigenvalue weighted by molar-refractivity contribution is -0.155. The Kier molecular flexibility index (Phi) is 15.2. The van der Waals surface area contributed by atoms with Crippen LogP contribution in [0, 0.1) is 30.1 Å². The molecular weight excluding hydrogens is 999 g/mol. The number of esters is 1. The molecule has 4 fully saturated rings. The zero-order valence-corrected chi connectivity index (χ0v) is 47.0. The van der Waals surface area contributed by atoms with Gasteiger partial charge in [-0.25, -0.2) is 18.9 Å². The number of nitrogens with zero attached hydrogens (tertiary/aromatic N) is 7. The number of carbonyl (C=O) groups excluding carboxylic acids is 5. The molecule has 2 aromatic carbocycles. The number of hydrogen-bond acceptors (Lipinski definition) is 11. The molecule has 0 radical (unpaired) electrons. The molecule has 76 heavy (non-hydrogen) atoms. The molecule has 2 N–H and O–H groups in total. The van der Waals surface area contributed by atoms with E-state index in [0.29, 0.717) is 54.6 Å². The molecule has 3 saturated heterocycles. The minimum atomic E-state index is -1.48. The van der Waals surface area contributed by atoms with Gasteiger partial charge in [-0.15, -0.1) is 11.3 Å². The molecule has 18 heteroatoms. The minimum Gasteiger partial charge on any atom is -0.464 e. The molecule has 1 aliphatic carbocycles. The maximum atomic E-state index is 14.8. The van der Waals surface area contributed by atoms with Crippen LogP contribution in [0.15, 0.2) is 71.1 Å². The fraction of sp³-hybridized carbons (Fsp3) is 0.534. The molecule has 4 amide bonds. The summed E-state index contributed by atoms with van der Waals surface area (Å²) in [5, 5.41) is 8.20. The lowest BCUT2D eigenvalue weighted by atomic mass is 9.84. The smallest absolute Gasteiger partial charge is 0.324 e. The molecule has 404 valence electrons. The van der Waals surface area contributed by atoms with Crippen LogP contribution in [0.2, 0.25) is 0 Å². The fourth-order valence-corrected chi connectivity index (χ4v) is 14.3. The second-order valence-electron chi connectivity index (χ2n) is 23.2.